The molecular weight excluding hydrogens is 488 g/mol. The minimum Gasteiger partial charge on any atom is -0.263 e. The van der Waals surface area contributed by atoms with Crippen LogP contribution >= 0.6 is 0 Å². The zero-order valence-electron chi connectivity index (χ0n) is 24.8. The summed E-state index contributed by atoms with van der Waals surface area (Å²) in [5.41, 5.74) is 3.24. The van der Waals surface area contributed by atoms with Crippen LogP contribution in [0.15, 0.2) is 40.8 Å². The molecule has 1 aromatic rings. The lowest BCUT2D eigenvalue weighted by Crippen LogP contribution is -2.51. The van der Waals surface area contributed by atoms with Crippen molar-refractivity contribution < 1.29 is 12.6 Å². The van der Waals surface area contributed by atoms with Crippen LogP contribution in [0.25, 0.3) is 0 Å². The molecule has 0 aromatic heterocycles. The predicted octanol–water partition coefficient (Wildman–Crippen LogP) is 9.11. The summed E-state index contributed by atoms with van der Waals surface area (Å²) in [4.78, 5) is 0.273. The van der Waals surface area contributed by atoms with Gasteiger partial charge in [0, 0.05) is 0 Å². The van der Waals surface area contributed by atoms with Gasteiger partial charge in [0.05, 0.1) is 11.0 Å². The predicted molar refractivity (Wildman–Crippen MR) is 156 cm³/mol. The number of hydrogen-bond acceptors (Lipinski definition) is 3. The molecular formula is C34H52O3S. The van der Waals surface area contributed by atoms with Gasteiger partial charge in [-0.3, -0.25) is 4.18 Å². The first-order valence-electron chi connectivity index (χ1n) is 15.6. The molecule has 0 heterocycles. The van der Waals surface area contributed by atoms with E-state index in [9.17, 15) is 8.42 Å². The minimum atomic E-state index is -3.73. The molecule has 8 atom stereocenters. The molecule has 0 bridgehead atoms. The first-order chi connectivity index (χ1) is 17.9. The van der Waals surface area contributed by atoms with Crippen LogP contribution in [0, 0.1) is 53.3 Å². The molecule has 0 N–H and O–H groups in total. The number of benzene rings is 1. The van der Waals surface area contributed by atoms with E-state index in [1.54, 1.807) is 12.1 Å². The van der Waals surface area contributed by atoms with Gasteiger partial charge in [-0.05, 0) is 117 Å². The first-order valence-corrected chi connectivity index (χ1v) is 17.0. The van der Waals surface area contributed by atoms with Crippen molar-refractivity contribution >= 4 is 10.1 Å². The highest BCUT2D eigenvalue weighted by Crippen LogP contribution is 2.67. The topological polar surface area (TPSA) is 43.4 Å². The Morgan fingerprint density at radius 3 is 2.39 bits per heavy atom. The summed E-state index contributed by atoms with van der Waals surface area (Å²) in [6.07, 6.45) is 15.8. The van der Waals surface area contributed by atoms with Crippen LogP contribution in [0.1, 0.15) is 111 Å². The number of aryl methyl sites for hydroxylation is 1. The Morgan fingerprint density at radius 2 is 1.68 bits per heavy atom. The van der Waals surface area contributed by atoms with Gasteiger partial charge in [-0.2, -0.15) is 8.42 Å². The molecule has 212 valence electrons. The molecule has 1 aromatic carbocycles. The van der Waals surface area contributed by atoms with E-state index in [0.717, 1.165) is 60.3 Å². The number of rotatable bonds is 8. The summed E-state index contributed by atoms with van der Waals surface area (Å²) in [7, 11) is -3.73. The van der Waals surface area contributed by atoms with Crippen LogP contribution < -0.4 is 0 Å². The summed E-state index contributed by atoms with van der Waals surface area (Å²) in [6.45, 7) is 14.4. The molecule has 4 heteroatoms. The Morgan fingerprint density at radius 1 is 0.947 bits per heavy atom. The van der Waals surface area contributed by atoms with Gasteiger partial charge in [0.15, 0.2) is 0 Å². The number of fused-ring (bicyclic) bond motifs is 5. The Bertz CT molecular complexity index is 1120. The molecule has 3 nitrogen and oxygen atoms in total. The molecule has 0 spiro atoms. The molecule has 0 saturated heterocycles. The Kier molecular flexibility index (Phi) is 7.99. The molecule has 3 saturated carbocycles. The van der Waals surface area contributed by atoms with Crippen molar-refractivity contribution in [3.63, 3.8) is 0 Å². The molecule has 0 aliphatic heterocycles. The average Bonchev–Trinajstić information content (AvgIpc) is 3.21. The van der Waals surface area contributed by atoms with Crippen molar-refractivity contribution in [1.29, 1.82) is 0 Å². The van der Waals surface area contributed by atoms with E-state index in [2.05, 4.69) is 40.7 Å². The van der Waals surface area contributed by atoms with Crippen LogP contribution in [0.2, 0.25) is 0 Å². The minimum absolute atomic E-state index is 0.207. The van der Waals surface area contributed by atoms with Crippen molar-refractivity contribution in [1.82, 2.24) is 0 Å². The van der Waals surface area contributed by atoms with Gasteiger partial charge >= 0.3 is 0 Å². The van der Waals surface area contributed by atoms with Crippen molar-refractivity contribution in [2.45, 2.75) is 123 Å². The van der Waals surface area contributed by atoms with Gasteiger partial charge in [0.25, 0.3) is 10.1 Å². The van der Waals surface area contributed by atoms with Gasteiger partial charge in [0.2, 0.25) is 0 Å². The fraction of sp³-hybridized carbons (Fsp3) is 0.765. The van der Waals surface area contributed by atoms with E-state index in [1.165, 1.54) is 56.9 Å². The van der Waals surface area contributed by atoms with E-state index < -0.39 is 10.1 Å². The molecule has 5 rings (SSSR count). The quantitative estimate of drug-likeness (QED) is 0.244. The number of hydrogen-bond donors (Lipinski definition) is 0. The Balaban J connectivity index is 1.27. The van der Waals surface area contributed by atoms with Crippen molar-refractivity contribution in [3.05, 3.63) is 41.5 Å². The Hall–Kier alpha value is -1.13. The second kappa shape index (κ2) is 10.7. The molecule has 38 heavy (non-hydrogen) atoms. The zero-order chi connectivity index (χ0) is 27.3. The normalized spacial score (nSPS) is 37.8. The van der Waals surface area contributed by atoms with Crippen molar-refractivity contribution in [2.24, 2.45) is 46.3 Å². The SMILES string of the molecule is Cc1ccc(S(=O)(=O)OC2CCC3(C)C(=CCC4[C@@H]3CCC3(C)[C@@H]([C@H](C)CCCC(C)C)CC[C@@H]43)C2)cc1. The number of allylic oxidation sites excluding steroid dienone is 1. The van der Waals surface area contributed by atoms with Crippen LogP contribution in [0.3, 0.4) is 0 Å². The van der Waals surface area contributed by atoms with Gasteiger partial charge in [0.1, 0.15) is 0 Å². The van der Waals surface area contributed by atoms with Crippen LogP contribution in [0.4, 0.5) is 0 Å². The smallest absolute Gasteiger partial charge is 0.263 e. The van der Waals surface area contributed by atoms with E-state index in [4.69, 9.17) is 4.18 Å². The summed E-state index contributed by atoms with van der Waals surface area (Å²) in [6, 6.07) is 7.02. The van der Waals surface area contributed by atoms with Gasteiger partial charge < -0.3 is 0 Å². The lowest BCUT2D eigenvalue weighted by Gasteiger charge is -2.58. The summed E-state index contributed by atoms with van der Waals surface area (Å²) in [5, 5.41) is 0. The monoisotopic (exact) mass is 540 g/mol. The molecule has 4 unspecified atom stereocenters. The van der Waals surface area contributed by atoms with Crippen molar-refractivity contribution in [3.8, 4) is 0 Å². The maximum absolute atomic E-state index is 13.0. The van der Waals surface area contributed by atoms with E-state index in [0.29, 0.717) is 5.41 Å². The van der Waals surface area contributed by atoms with Gasteiger partial charge in [-0.25, -0.2) is 0 Å². The lowest BCUT2D eigenvalue weighted by molar-refractivity contribution is -0.0556. The van der Waals surface area contributed by atoms with Crippen molar-refractivity contribution in [2.75, 3.05) is 0 Å². The van der Waals surface area contributed by atoms with E-state index in [-0.39, 0.29) is 16.4 Å². The third-order valence-corrected chi connectivity index (χ3v) is 13.2. The summed E-state index contributed by atoms with van der Waals surface area (Å²) in [5.74, 6) is 4.93. The third kappa shape index (κ3) is 5.18. The maximum Gasteiger partial charge on any atom is 0.297 e. The van der Waals surface area contributed by atoms with Crippen LogP contribution in [-0.2, 0) is 14.3 Å². The molecule has 0 radical (unpaired) electrons. The first kappa shape index (κ1) is 28.4. The van der Waals surface area contributed by atoms with E-state index >= 15 is 0 Å². The fourth-order valence-corrected chi connectivity index (χ4v) is 10.8. The lowest BCUT2D eigenvalue weighted by atomic mass is 9.47. The van der Waals surface area contributed by atoms with Gasteiger partial charge in [-0.1, -0.05) is 83.2 Å². The van der Waals surface area contributed by atoms with Crippen LogP contribution in [-0.4, -0.2) is 14.5 Å². The van der Waals surface area contributed by atoms with Gasteiger partial charge in [-0.15, -0.1) is 0 Å². The molecule has 4 aliphatic carbocycles. The zero-order valence-corrected chi connectivity index (χ0v) is 25.7. The second-order valence-electron chi connectivity index (χ2n) is 14.5. The maximum atomic E-state index is 13.0. The largest absolute Gasteiger partial charge is 0.297 e. The standard InChI is InChI=1S/C34H52O3S/c1-23(2)8-7-9-25(4)30-16-17-31-29-15-12-26-22-27(37-38(35,36)28-13-10-24(3)11-14-28)18-20-33(26,5)32(29)19-21-34(30,31)6/h10-14,23,25,27,29-32H,7-9,15-22H2,1-6H3/t25-,27?,29?,30-,31+,32+,33?,34?/m1/s1. The summed E-state index contributed by atoms with van der Waals surface area (Å²) >= 11 is 0. The highest BCUT2D eigenvalue weighted by atomic mass is 32.2. The van der Waals surface area contributed by atoms with E-state index in [1.807, 2.05) is 19.1 Å². The molecule has 4 aliphatic rings. The third-order valence-electron chi connectivity index (χ3n) is 11.8. The second-order valence-corrected chi connectivity index (χ2v) is 16.1. The highest BCUT2D eigenvalue weighted by Gasteiger charge is 2.59. The summed E-state index contributed by atoms with van der Waals surface area (Å²) < 4.78 is 31.8. The fourth-order valence-electron chi connectivity index (χ4n) is 9.67. The highest BCUT2D eigenvalue weighted by molar-refractivity contribution is 7.86. The molecule has 0 amide bonds. The molecule has 3 fully saturated rings. The van der Waals surface area contributed by atoms with Crippen LogP contribution in [0.5, 0.6) is 0 Å². The average molecular weight is 541 g/mol. The Labute approximate surface area is 233 Å².